The van der Waals surface area contributed by atoms with Gasteiger partial charge in [0.15, 0.2) is 0 Å². The second kappa shape index (κ2) is 8.32. The molecule has 0 aromatic heterocycles. The average molecular weight is 332 g/mol. The summed E-state index contributed by atoms with van der Waals surface area (Å²) in [7, 11) is 0. The third kappa shape index (κ3) is 5.66. The van der Waals surface area contributed by atoms with Gasteiger partial charge in [0.1, 0.15) is 0 Å². The molecule has 4 heteroatoms. The molecule has 0 aliphatic carbocycles. The molecule has 2 amide bonds. The molecule has 0 spiro atoms. The van der Waals surface area contributed by atoms with Crippen LogP contribution in [0.4, 0.5) is 0 Å². The Hall–Kier alpha value is -1.84. The van der Waals surface area contributed by atoms with E-state index in [-0.39, 0.29) is 29.3 Å². The highest BCUT2D eigenvalue weighted by atomic mass is 16.2. The predicted molar refractivity (Wildman–Crippen MR) is 99.2 cm³/mol. The quantitative estimate of drug-likeness (QED) is 0.862. The van der Waals surface area contributed by atoms with Crippen molar-refractivity contribution in [3.63, 3.8) is 0 Å². The summed E-state index contributed by atoms with van der Waals surface area (Å²) in [6, 6.07) is 7.98. The minimum absolute atomic E-state index is 0.0680. The number of hydrogen-bond donors (Lipinski definition) is 1. The van der Waals surface area contributed by atoms with E-state index in [1.165, 1.54) is 5.56 Å². The van der Waals surface area contributed by atoms with Crippen LogP contribution in [0.5, 0.6) is 0 Å². The first-order valence-corrected chi connectivity index (χ1v) is 8.74. The molecule has 1 aromatic rings. The maximum absolute atomic E-state index is 12.3. The molecule has 1 rings (SSSR count). The first-order chi connectivity index (χ1) is 11.0. The van der Waals surface area contributed by atoms with E-state index >= 15 is 0 Å². The zero-order valence-corrected chi connectivity index (χ0v) is 16.1. The van der Waals surface area contributed by atoms with E-state index in [1.807, 2.05) is 56.9 Å². The Labute approximate surface area is 146 Å². The van der Waals surface area contributed by atoms with E-state index in [2.05, 4.69) is 26.1 Å². The number of nitrogens with one attached hydrogen (secondary N) is 1. The average Bonchev–Trinajstić information content (AvgIpc) is 2.45. The highest BCUT2D eigenvalue weighted by molar-refractivity contribution is 5.94. The van der Waals surface area contributed by atoms with Gasteiger partial charge in [0.05, 0.1) is 0 Å². The molecule has 0 aliphatic rings. The van der Waals surface area contributed by atoms with Crippen LogP contribution in [-0.2, 0) is 10.2 Å². The monoisotopic (exact) mass is 332 g/mol. The summed E-state index contributed by atoms with van der Waals surface area (Å²) in [5.41, 5.74) is 1.89. The van der Waals surface area contributed by atoms with E-state index in [4.69, 9.17) is 0 Å². The van der Waals surface area contributed by atoms with Crippen molar-refractivity contribution in [2.45, 2.75) is 72.4 Å². The molecule has 0 unspecified atom stereocenters. The van der Waals surface area contributed by atoms with Gasteiger partial charge >= 0.3 is 0 Å². The second-order valence-electron chi connectivity index (χ2n) is 7.82. The number of hydrogen-bond acceptors (Lipinski definition) is 2. The summed E-state index contributed by atoms with van der Waals surface area (Å²) >= 11 is 0. The normalized spacial score (nSPS) is 11.7. The Morgan fingerprint density at radius 3 is 1.92 bits per heavy atom. The van der Waals surface area contributed by atoms with Crippen LogP contribution >= 0.6 is 0 Å². The van der Waals surface area contributed by atoms with Gasteiger partial charge in [-0.1, -0.05) is 32.9 Å². The smallest absolute Gasteiger partial charge is 0.251 e. The SMILES string of the molecule is CC(C)N(C(=O)CCNC(=O)c1ccc(C(C)(C)C)cc1)C(C)C. The Morgan fingerprint density at radius 1 is 1.00 bits per heavy atom. The first kappa shape index (κ1) is 20.2. The van der Waals surface area contributed by atoms with Crippen molar-refractivity contribution in [2.75, 3.05) is 6.54 Å². The molecule has 0 saturated carbocycles. The Kier molecular flexibility index (Phi) is 7.00. The molecule has 1 N–H and O–H groups in total. The Bertz CT molecular complexity index is 546. The van der Waals surface area contributed by atoms with Crippen molar-refractivity contribution in [2.24, 2.45) is 0 Å². The third-order valence-corrected chi connectivity index (χ3v) is 4.04. The van der Waals surface area contributed by atoms with E-state index < -0.39 is 0 Å². The van der Waals surface area contributed by atoms with Gasteiger partial charge < -0.3 is 10.2 Å². The number of carbonyl (C=O) groups excluding carboxylic acids is 2. The number of rotatable bonds is 6. The minimum Gasteiger partial charge on any atom is -0.352 e. The van der Waals surface area contributed by atoms with E-state index in [9.17, 15) is 9.59 Å². The Morgan fingerprint density at radius 2 is 1.50 bits per heavy atom. The zero-order valence-electron chi connectivity index (χ0n) is 16.1. The summed E-state index contributed by atoms with van der Waals surface area (Å²) in [5.74, 6) is -0.0627. The van der Waals surface area contributed by atoms with Gasteiger partial charge in [-0.2, -0.15) is 0 Å². The van der Waals surface area contributed by atoms with Gasteiger partial charge in [-0.3, -0.25) is 9.59 Å². The highest BCUT2D eigenvalue weighted by Gasteiger charge is 2.20. The number of amides is 2. The maximum atomic E-state index is 12.3. The lowest BCUT2D eigenvalue weighted by atomic mass is 9.87. The van der Waals surface area contributed by atoms with E-state index in [1.54, 1.807) is 0 Å². The minimum atomic E-state index is -0.135. The molecular formula is C20H32N2O2. The summed E-state index contributed by atoms with van der Waals surface area (Å²) < 4.78 is 0. The molecule has 24 heavy (non-hydrogen) atoms. The first-order valence-electron chi connectivity index (χ1n) is 8.74. The van der Waals surface area contributed by atoms with Gasteiger partial charge in [0.2, 0.25) is 5.91 Å². The van der Waals surface area contributed by atoms with Crippen LogP contribution < -0.4 is 5.32 Å². The largest absolute Gasteiger partial charge is 0.352 e. The van der Waals surface area contributed by atoms with Crippen LogP contribution in [-0.4, -0.2) is 35.3 Å². The van der Waals surface area contributed by atoms with Crippen LogP contribution in [0, 0.1) is 0 Å². The molecule has 0 atom stereocenters. The second-order valence-corrected chi connectivity index (χ2v) is 7.82. The molecule has 0 heterocycles. The molecule has 4 nitrogen and oxygen atoms in total. The molecule has 0 bridgehead atoms. The zero-order chi connectivity index (χ0) is 18.5. The van der Waals surface area contributed by atoms with Gasteiger partial charge in [-0.15, -0.1) is 0 Å². The molecule has 0 fully saturated rings. The third-order valence-electron chi connectivity index (χ3n) is 4.04. The Balaban J connectivity index is 2.56. The topological polar surface area (TPSA) is 49.4 Å². The van der Waals surface area contributed by atoms with Gasteiger partial charge in [0, 0.05) is 30.6 Å². The maximum Gasteiger partial charge on any atom is 0.251 e. The van der Waals surface area contributed by atoms with E-state index in [0.29, 0.717) is 18.5 Å². The van der Waals surface area contributed by atoms with Gasteiger partial charge in [0.25, 0.3) is 5.91 Å². The molecule has 0 aliphatic heterocycles. The van der Waals surface area contributed by atoms with Crippen molar-refractivity contribution < 1.29 is 9.59 Å². The molecule has 134 valence electrons. The fourth-order valence-electron chi connectivity index (χ4n) is 2.81. The fraction of sp³-hybridized carbons (Fsp3) is 0.600. The lowest BCUT2D eigenvalue weighted by Crippen LogP contribution is -2.43. The predicted octanol–water partition coefficient (Wildman–Crippen LogP) is 3.75. The molecule has 0 radical (unpaired) electrons. The van der Waals surface area contributed by atoms with Crippen LogP contribution in [0.2, 0.25) is 0 Å². The highest BCUT2D eigenvalue weighted by Crippen LogP contribution is 2.22. The summed E-state index contributed by atoms with van der Waals surface area (Å²) in [6.45, 7) is 14.8. The lowest BCUT2D eigenvalue weighted by Gasteiger charge is -2.30. The van der Waals surface area contributed by atoms with Crippen LogP contribution in [0.25, 0.3) is 0 Å². The van der Waals surface area contributed by atoms with Crippen molar-refractivity contribution in [1.29, 1.82) is 0 Å². The van der Waals surface area contributed by atoms with Gasteiger partial charge in [-0.05, 0) is 50.8 Å². The summed E-state index contributed by atoms with van der Waals surface area (Å²) in [6.07, 6.45) is 0.322. The van der Waals surface area contributed by atoms with Crippen LogP contribution in [0.15, 0.2) is 24.3 Å². The molecule has 1 aromatic carbocycles. The van der Waals surface area contributed by atoms with Crippen molar-refractivity contribution in [1.82, 2.24) is 10.2 Å². The number of benzene rings is 1. The summed E-state index contributed by atoms with van der Waals surface area (Å²) in [4.78, 5) is 26.3. The van der Waals surface area contributed by atoms with Crippen LogP contribution in [0.3, 0.4) is 0 Å². The van der Waals surface area contributed by atoms with Crippen molar-refractivity contribution in [3.05, 3.63) is 35.4 Å². The lowest BCUT2D eigenvalue weighted by molar-refractivity contribution is -0.134. The molecule has 0 saturated heterocycles. The number of carbonyl (C=O) groups is 2. The van der Waals surface area contributed by atoms with E-state index in [0.717, 1.165) is 0 Å². The summed E-state index contributed by atoms with van der Waals surface area (Å²) in [5, 5.41) is 2.83. The fourth-order valence-corrected chi connectivity index (χ4v) is 2.81. The van der Waals surface area contributed by atoms with Crippen LogP contribution in [0.1, 0.15) is 70.8 Å². The van der Waals surface area contributed by atoms with Gasteiger partial charge in [-0.25, -0.2) is 0 Å². The number of nitrogens with zero attached hydrogens (tertiary/aromatic N) is 1. The van der Waals surface area contributed by atoms with Crippen molar-refractivity contribution in [3.8, 4) is 0 Å². The van der Waals surface area contributed by atoms with Crippen molar-refractivity contribution >= 4 is 11.8 Å². The molecular weight excluding hydrogens is 300 g/mol. The standard InChI is InChI=1S/C20H32N2O2/c1-14(2)22(15(3)4)18(23)12-13-21-19(24)16-8-10-17(11-9-16)20(5,6)7/h8-11,14-15H,12-13H2,1-7H3,(H,21,24).